The van der Waals surface area contributed by atoms with Crippen LogP contribution in [0.1, 0.15) is 12.8 Å². The van der Waals surface area contributed by atoms with Gasteiger partial charge in [-0.05, 0) is 6.42 Å². The van der Waals surface area contributed by atoms with E-state index in [0.29, 0.717) is 12.8 Å². The van der Waals surface area contributed by atoms with Gasteiger partial charge in [-0.3, -0.25) is 0 Å². The van der Waals surface area contributed by atoms with Gasteiger partial charge in [0.15, 0.2) is 0 Å². The van der Waals surface area contributed by atoms with Gasteiger partial charge in [0.2, 0.25) is 0 Å². The van der Waals surface area contributed by atoms with Crippen LogP contribution >= 0.6 is 0 Å². The third-order valence-electron chi connectivity index (χ3n) is 1.93. The summed E-state index contributed by atoms with van der Waals surface area (Å²) in [6.45, 7) is -0.0847. The van der Waals surface area contributed by atoms with Gasteiger partial charge < -0.3 is 20.1 Å². The van der Waals surface area contributed by atoms with Crippen molar-refractivity contribution in [1.82, 2.24) is 0 Å². The molecule has 11 heavy (non-hydrogen) atoms. The van der Waals surface area contributed by atoms with Crippen LogP contribution in [0, 0.1) is 0 Å². The molecule has 0 aliphatic carbocycles. The molecule has 1 aliphatic heterocycles. The highest BCUT2D eigenvalue weighted by Crippen LogP contribution is 2.21. The van der Waals surface area contributed by atoms with E-state index in [4.69, 9.17) is 14.9 Å². The molecule has 0 aromatic rings. The third-order valence-corrected chi connectivity index (χ3v) is 1.93. The molecule has 4 heteroatoms. The van der Waals surface area contributed by atoms with Gasteiger partial charge in [-0.2, -0.15) is 0 Å². The van der Waals surface area contributed by atoms with Crippen LogP contribution in [0.5, 0.6) is 0 Å². The molecular formula is C7H14O4. The van der Waals surface area contributed by atoms with Crippen molar-refractivity contribution in [2.24, 2.45) is 0 Å². The van der Waals surface area contributed by atoms with Gasteiger partial charge in [-0.25, -0.2) is 0 Å². The van der Waals surface area contributed by atoms with Gasteiger partial charge >= 0.3 is 0 Å². The Morgan fingerprint density at radius 2 is 2.09 bits per heavy atom. The van der Waals surface area contributed by atoms with Crippen molar-refractivity contribution in [2.75, 3.05) is 13.2 Å². The molecule has 0 bridgehead atoms. The van der Waals surface area contributed by atoms with Crippen LogP contribution in [0.4, 0.5) is 0 Å². The molecule has 0 aromatic carbocycles. The van der Waals surface area contributed by atoms with Crippen molar-refractivity contribution in [2.45, 2.75) is 31.2 Å². The van der Waals surface area contributed by atoms with Gasteiger partial charge in [-0.15, -0.1) is 0 Å². The summed E-state index contributed by atoms with van der Waals surface area (Å²) < 4.78 is 5.20. The van der Waals surface area contributed by atoms with E-state index < -0.39 is 12.2 Å². The predicted octanol–water partition coefficient (Wildman–Crippen LogP) is -1.12. The van der Waals surface area contributed by atoms with Gasteiger partial charge in [0, 0.05) is 13.0 Å². The van der Waals surface area contributed by atoms with Crippen molar-refractivity contribution in [3.8, 4) is 0 Å². The molecule has 0 unspecified atom stereocenters. The van der Waals surface area contributed by atoms with Gasteiger partial charge in [0.1, 0.15) is 6.10 Å². The minimum Gasteiger partial charge on any atom is -0.396 e. The lowest BCUT2D eigenvalue weighted by Gasteiger charge is -2.10. The summed E-state index contributed by atoms with van der Waals surface area (Å²) in [6, 6.07) is 0. The van der Waals surface area contributed by atoms with Crippen LogP contribution in [0.15, 0.2) is 0 Å². The first-order valence-electron chi connectivity index (χ1n) is 3.83. The number of aliphatic hydroxyl groups excluding tert-OH is 3. The lowest BCUT2D eigenvalue weighted by Crippen LogP contribution is -2.24. The molecule has 1 fully saturated rings. The number of ether oxygens (including phenoxy) is 1. The van der Waals surface area contributed by atoms with Crippen molar-refractivity contribution in [1.29, 1.82) is 0 Å². The van der Waals surface area contributed by atoms with E-state index in [0.717, 1.165) is 0 Å². The van der Waals surface area contributed by atoms with Crippen molar-refractivity contribution in [3.63, 3.8) is 0 Å². The Balaban J connectivity index is 2.30. The van der Waals surface area contributed by atoms with Crippen LogP contribution in [-0.4, -0.2) is 46.8 Å². The first-order chi connectivity index (χ1) is 5.27. The van der Waals surface area contributed by atoms with Crippen LogP contribution in [0.2, 0.25) is 0 Å². The van der Waals surface area contributed by atoms with Crippen LogP contribution in [-0.2, 0) is 4.74 Å². The van der Waals surface area contributed by atoms with E-state index in [2.05, 4.69) is 0 Å². The zero-order valence-corrected chi connectivity index (χ0v) is 6.31. The number of rotatable bonds is 3. The maximum Gasteiger partial charge on any atom is 0.107 e. The molecule has 0 saturated carbocycles. The standard InChI is InChI=1S/C7H14O4/c8-2-1-5-3-6(10)7(4-9)11-5/h5-10H,1-4H2/t5-,6+,7-/m1/s1. The average molecular weight is 162 g/mol. The molecule has 66 valence electrons. The van der Waals surface area contributed by atoms with E-state index in [1.807, 2.05) is 0 Å². The molecule has 4 nitrogen and oxygen atoms in total. The van der Waals surface area contributed by atoms with Crippen molar-refractivity contribution >= 4 is 0 Å². The highest BCUT2D eigenvalue weighted by atomic mass is 16.5. The van der Waals surface area contributed by atoms with Crippen LogP contribution < -0.4 is 0 Å². The Morgan fingerprint density at radius 1 is 1.36 bits per heavy atom. The van der Waals surface area contributed by atoms with Crippen molar-refractivity contribution < 1.29 is 20.1 Å². The Bertz CT molecular complexity index is 117. The summed E-state index contributed by atoms with van der Waals surface area (Å²) in [5.74, 6) is 0. The van der Waals surface area contributed by atoms with E-state index in [1.165, 1.54) is 0 Å². The van der Waals surface area contributed by atoms with E-state index in [1.54, 1.807) is 0 Å². The van der Waals surface area contributed by atoms with E-state index in [9.17, 15) is 5.11 Å². The first kappa shape index (κ1) is 8.93. The molecule has 1 heterocycles. The fourth-order valence-electron chi connectivity index (χ4n) is 1.31. The second-order valence-electron chi connectivity index (χ2n) is 2.79. The van der Waals surface area contributed by atoms with Gasteiger partial charge in [0.25, 0.3) is 0 Å². The normalized spacial score (nSPS) is 37.9. The maximum absolute atomic E-state index is 9.22. The monoisotopic (exact) mass is 162 g/mol. The second kappa shape index (κ2) is 4.01. The quantitative estimate of drug-likeness (QED) is 0.491. The first-order valence-corrected chi connectivity index (χ1v) is 3.83. The number of aliphatic hydroxyl groups is 3. The summed E-state index contributed by atoms with van der Waals surface area (Å²) in [5, 5.41) is 26.4. The van der Waals surface area contributed by atoms with Gasteiger partial charge in [-0.1, -0.05) is 0 Å². The Labute approximate surface area is 65.4 Å². The molecule has 1 saturated heterocycles. The Kier molecular flexibility index (Phi) is 3.26. The second-order valence-corrected chi connectivity index (χ2v) is 2.79. The topological polar surface area (TPSA) is 69.9 Å². The molecule has 3 N–H and O–H groups in total. The number of hydrogen-bond acceptors (Lipinski definition) is 4. The molecule has 1 rings (SSSR count). The molecule has 0 amide bonds. The van der Waals surface area contributed by atoms with E-state index in [-0.39, 0.29) is 19.3 Å². The molecular weight excluding hydrogens is 148 g/mol. The minimum absolute atomic E-state index is 0.0650. The molecule has 0 spiro atoms. The Morgan fingerprint density at radius 3 is 2.55 bits per heavy atom. The maximum atomic E-state index is 9.22. The highest BCUT2D eigenvalue weighted by Gasteiger charge is 2.32. The zero-order valence-electron chi connectivity index (χ0n) is 6.31. The summed E-state index contributed by atoms with van der Waals surface area (Å²) in [4.78, 5) is 0. The Hall–Kier alpha value is -0.160. The fraction of sp³-hybridized carbons (Fsp3) is 1.00. The average Bonchev–Trinajstić information content (AvgIpc) is 2.32. The lowest BCUT2D eigenvalue weighted by atomic mass is 10.1. The zero-order chi connectivity index (χ0) is 8.27. The van der Waals surface area contributed by atoms with E-state index >= 15 is 0 Å². The summed E-state index contributed by atoms with van der Waals surface area (Å²) in [6.07, 6.45) is -0.0606. The number of hydrogen-bond donors (Lipinski definition) is 3. The van der Waals surface area contributed by atoms with Crippen LogP contribution in [0.25, 0.3) is 0 Å². The predicted molar refractivity (Wildman–Crippen MR) is 38.1 cm³/mol. The smallest absolute Gasteiger partial charge is 0.107 e. The summed E-state index contributed by atoms with van der Waals surface area (Å²) >= 11 is 0. The highest BCUT2D eigenvalue weighted by molar-refractivity contribution is 4.81. The van der Waals surface area contributed by atoms with Gasteiger partial charge in [0.05, 0.1) is 18.8 Å². The van der Waals surface area contributed by atoms with Crippen molar-refractivity contribution in [3.05, 3.63) is 0 Å². The van der Waals surface area contributed by atoms with Crippen LogP contribution in [0.3, 0.4) is 0 Å². The lowest BCUT2D eigenvalue weighted by molar-refractivity contribution is -0.0269. The largest absolute Gasteiger partial charge is 0.396 e. The third kappa shape index (κ3) is 2.13. The summed E-state index contributed by atoms with van der Waals surface area (Å²) in [7, 11) is 0. The molecule has 0 aromatic heterocycles. The molecule has 3 atom stereocenters. The molecule has 1 aliphatic rings. The molecule has 0 radical (unpaired) electrons. The fourth-order valence-corrected chi connectivity index (χ4v) is 1.31. The summed E-state index contributed by atoms with van der Waals surface area (Å²) in [5.41, 5.74) is 0. The SMILES string of the molecule is OCC[C@@H]1C[C@H](O)[C@@H](CO)O1. The minimum atomic E-state index is -0.573.